The second kappa shape index (κ2) is 8.92. The molecule has 1 N–H and O–H groups in total. The number of benzene rings is 1. The van der Waals surface area contributed by atoms with Crippen LogP contribution in [-0.4, -0.2) is 46.2 Å². The molecule has 1 amide bonds. The summed E-state index contributed by atoms with van der Waals surface area (Å²) in [6.45, 7) is 6.92. The lowest BCUT2D eigenvalue weighted by atomic mass is 10.0. The van der Waals surface area contributed by atoms with E-state index in [1.165, 1.54) is 11.8 Å². The lowest BCUT2D eigenvalue weighted by molar-refractivity contribution is -0.144. The molecular weight excluding hydrogens is 374 g/mol. The molecular formula is C21H27N3O3S. The van der Waals surface area contributed by atoms with E-state index in [1.807, 2.05) is 37.1 Å². The number of amides is 1. The number of hydrogen-bond acceptors (Lipinski definition) is 5. The van der Waals surface area contributed by atoms with Gasteiger partial charge in [-0.15, -0.1) is 0 Å². The van der Waals surface area contributed by atoms with E-state index in [2.05, 4.69) is 29.0 Å². The van der Waals surface area contributed by atoms with Crippen molar-refractivity contribution in [1.82, 2.24) is 14.9 Å². The van der Waals surface area contributed by atoms with Crippen LogP contribution in [0, 0.1) is 13.8 Å². The van der Waals surface area contributed by atoms with E-state index in [0.29, 0.717) is 36.0 Å². The molecule has 2 atom stereocenters. The Morgan fingerprint density at radius 3 is 2.79 bits per heavy atom. The summed E-state index contributed by atoms with van der Waals surface area (Å²) in [5.74, 6) is 0.0436. The Hall–Kier alpha value is -2.12. The van der Waals surface area contributed by atoms with Crippen molar-refractivity contribution in [2.24, 2.45) is 0 Å². The van der Waals surface area contributed by atoms with Gasteiger partial charge in [0.2, 0.25) is 5.91 Å². The Morgan fingerprint density at radius 2 is 2.11 bits per heavy atom. The van der Waals surface area contributed by atoms with Gasteiger partial charge in [0.05, 0.1) is 19.2 Å². The van der Waals surface area contributed by atoms with E-state index in [0.717, 1.165) is 11.1 Å². The summed E-state index contributed by atoms with van der Waals surface area (Å²) in [6, 6.07) is 8.13. The minimum Gasteiger partial charge on any atom is -0.370 e. The molecule has 6 nitrogen and oxygen atoms in total. The van der Waals surface area contributed by atoms with Gasteiger partial charge in [0, 0.05) is 17.7 Å². The average Bonchev–Trinajstić information content (AvgIpc) is 2.68. The number of nitrogens with zero attached hydrogens (tertiary/aromatic N) is 2. The number of nitrogens with one attached hydrogen (secondary N) is 1. The summed E-state index contributed by atoms with van der Waals surface area (Å²) in [6.07, 6.45) is 2.43. The standard InChI is InChI=1S/C21H27N3O3S/c1-13-7-5-6-8-16(13)18-11-24(14(2)12-27-18)19(25)10-9-17-15(3)22-21(28-4)23-20(17)26/h5-8,14,18H,9-12H2,1-4H3,(H,22,23,26)/t14-,18-/m1/s1. The highest BCUT2D eigenvalue weighted by atomic mass is 32.2. The zero-order valence-electron chi connectivity index (χ0n) is 16.8. The van der Waals surface area contributed by atoms with Crippen molar-refractivity contribution in [3.8, 4) is 0 Å². The van der Waals surface area contributed by atoms with E-state index in [4.69, 9.17) is 4.74 Å². The minimum absolute atomic E-state index is 0.0177. The molecule has 150 valence electrons. The van der Waals surface area contributed by atoms with Crippen LogP contribution in [0.2, 0.25) is 0 Å². The van der Waals surface area contributed by atoms with Crippen molar-refractivity contribution in [3.05, 3.63) is 57.0 Å². The quantitative estimate of drug-likeness (QED) is 0.616. The highest BCUT2D eigenvalue weighted by molar-refractivity contribution is 7.98. The van der Waals surface area contributed by atoms with Gasteiger partial charge in [-0.25, -0.2) is 4.98 Å². The lowest BCUT2D eigenvalue weighted by Gasteiger charge is -2.38. The van der Waals surface area contributed by atoms with Crippen molar-refractivity contribution in [1.29, 1.82) is 0 Å². The first-order valence-electron chi connectivity index (χ1n) is 9.51. The van der Waals surface area contributed by atoms with E-state index in [1.54, 1.807) is 0 Å². The number of H-pyrrole nitrogens is 1. The summed E-state index contributed by atoms with van der Waals surface area (Å²) in [5, 5.41) is 0.598. The molecule has 0 aliphatic carbocycles. The molecule has 1 aromatic heterocycles. The molecule has 0 unspecified atom stereocenters. The monoisotopic (exact) mass is 401 g/mol. The first-order chi connectivity index (χ1) is 13.4. The molecule has 2 aromatic rings. The van der Waals surface area contributed by atoms with Crippen LogP contribution < -0.4 is 5.56 Å². The summed E-state index contributed by atoms with van der Waals surface area (Å²) in [4.78, 5) is 34.2. The van der Waals surface area contributed by atoms with E-state index < -0.39 is 0 Å². The molecule has 0 spiro atoms. The zero-order valence-corrected chi connectivity index (χ0v) is 17.6. The van der Waals surface area contributed by atoms with Gasteiger partial charge in [-0.05, 0) is 44.6 Å². The molecule has 1 aromatic carbocycles. The SMILES string of the molecule is CSc1nc(C)c(CCC(=O)N2C[C@H](c3ccccc3C)OC[C@H]2C)c(=O)[nH]1. The van der Waals surface area contributed by atoms with Gasteiger partial charge in [-0.3, -0.25) is 9.59 Å². The topological polar surface area (TPSA) is 75.3 Å². The molecule has 28 heavy (non-hydrogen) atoms. The van der Waals surface area contributed by atoms with Crippen LogP contribution >= 0.6 is 11.8 Å². The fraction of sp³-hybridized carbons (Fsp3) is 0.476. The first kappa shape index (κ1) is 20.6. The van der Waals surface area contributed by atoms with Gasteiger partial charge < -0.3 is 14.6 Å². The molecule has 1 saturated heterocycles. The third-order valence-electron chi connectivity index (χ3n) is 5.27. The molecule has 1 fully saturated rings. The highest BCUT2D eigenvalue weighted by Gasteiger charge is 2.31. The molecule has 0 radical (unpaired) electrons. The molecule has 1 aliphatic heterocycles. The number of morpholine rings is 1. The van der Waals surface area contributed by atoms with Crippen molar-refractivity contribution >= 4 is 17.7 Å². The van der Waals surface area contributed by atoms with Crippen molar-refractivity contribution in [2.45, 2.75) is 50.9 Å². The van der Waals surface area contributed by atoms with E-state index in [-0.39, 0.29) is 30.0 Å². The molecule has 1 aliphatic rings. The van der Waals surface area contributed by atoms with Gasteiger partial charge >= 0.3 is 0 Å². The Bertz CT molecular complexity index is 912. The summed E-state index contributed by atoms with van der Waals surface area (Å²) < 4.78 is 6.00. The largest absolute Gasteiger partial charge is 0.370 e. The molecule has 0 saturated carbocycles. The fourth-order valence-electron chi connectivity index (χ4n) is 3.59. The van der Waals surface area contributed by atoms with Gasteiger partial charge in [0.25, 0.3) is 5.56 Å². The molecule has 3 rings (SSSR count). The lowest BCUT2D eigenvalue weighted by Crippen LogP contribution is -2.48. The van der Waals surface area contributed by atoms with Gasteiger partial charge in [-0.2, -0.15) is 0 Å². The minimum atomic E-state index is -0.155. The number of carbonyl (C=O) groups excluding carboxylic acids is 1. The normalized spacial score (nSPS) is 19.6. The number of thioether (sulfide) groups is 1. The number of aryl methyl sites for hydroxylation is 2. The summed E-state index contributed by atoms with van der Waals surface area (Å²) in [5.41, 5.74) is 3.40. The van der Waals surface area contributed by atoms with Crippen molar-refractivity contribution < 1.29 is 9.53 Å². The summed E-state index contributed by atoms with van der Waals surface area (Å²) in [7, 11) is 0. The van der Waals surface area contributed by atoms with Crippen molar-refractivity contribution in [3.63, 3.8) is 0 Å². The molecule has 7 heteroatoms. The van der Waals surface area contributed by atoms with E-state index in [9.17, 15) is 9.59 Å². The Morgan fingerprint density at radius 1 is 1.36 bits per heavy atom. The second-order valence-electron chi connectivity index (χ2n) is 7.21. The maximum absolute atomic E-state index is 12.9. The maximum atomic E-state index is 12.9. The number of carbonyl (C=O) groups is 1. The third kappa shape index (κ3) is 4.47. The van der Waals surface area contributed by atoms with Gasteiger partial charge in [0.1, 0.15) is 6.10 Å². The van der Waals surface area contributed by atoms with Gasteiger partial charge in [0.15, 0.2) is 5.16 Å². The van der Waals surface area contributed by atoms with Crippen LogP contribution in [0.3, 0.4) is 0 Å². The predicted molar refractivity (Wildman–Crippen MR) is 111 cm³/mol. The van der Waals surface area contributed by atoms with Crippen LogP contribution in [0.15, 0.2) is 34.2 Å². The first-order valence-corrected chi connectivity index (χ1v) is 10.7. The number of aromatic nitrogens is 2. The van der Waals surface area contributed by atoms with Crippen LogP contribution in [-0.2, 0) is 16.0 Å². The number of aromatic amines is 1. The number of hydrogen-bond donors (Lipinski definition) is 1. The van der Waals surface area contributed by atoms with Crippen molar-refractivity contribution in [2.75, 3.05) is 19.4 Å². The van der Waals surface area contributed by atoms with Crippen LogP contribution in [0.5, 0.6) is 0 Å². The Kier molecular flexibility index (Phi) is 6.57. The van der Waals surface area contributed by atoms with Crippen LogP contribution in [0.1, 0.15) is 41.8 Å². The maximum Gasteiger partial charge on any atom is 0.254 e. The zero-order chi connectivity index (χ0) is 20.3. The highest BCUT2D eigenvalue weighted by Crippen LogP contribution is 2.27. The summed E-state index contributed by atoms with van der Waals surface area (Å²) >= 11 is 1.40. The van der Waals surface area contributed by atoms with Gasteiger partial charge in [-0.1, -0.05) is 36.0 Å². The fourth-order valence-corrected chi connectivity index (χ4v) is 4.01. The Labute approximate surface area is 169 Å². The van der Waals surface area contributed by atoms with Crippen LogP contribution in [0.4, 0.5) is 0 Å². The Balaban J connectivity index is 1.70. The van der Waals surface area contributed by atoms with Crippen LogP contribution in [0.25, 0.3) is 0 Å². The van der Waals surface area contributed by atoms with E-state index >= 15 is 0 Å². The second-order valence-corrected chi connectivity index (χ2v) is 8.01. The number of rotatable bonds is 5. The predicted octanol–water partition coefficient (Wildman–Crippen LogP) is 3.03. The smallest absolute Gasteiger partial charge is 0.254 e. The molecule has 2 heterocycles. The number of ether oxygens (including phenoxy) is 1. The average molecular weight is 402 g/mol. The molecule has 0 bridgehead atoms. The third-order valence-corrected chi connectivity index (χ3v) is 5.85.